The van der Waals surface area contributed by atoms with Gasteiger partial charge in [-0.2, -0.15) is 0 Å². The molecule has 1 amide bonds. The van der Waals surface area contributed by atoms with Crippen molar-refractivity contribution in [3.63, 3.8) is 0 Å². The summed E-state index contributed by atoms with van der Waals surface area (Å²) in [5.41, 5.74) is 3.60. The van der Waals surface area contributed by atoms with Gasteiger partial charge in [0.25, 0.3) is 0 Å². The van der Waals surface area contributed by atoms with Crippen LogP contribution in [0.25, 0.3) is 16.6 Å². The molecule has 9 nitrogen and oxygen atoms in total. The summed E-state index contributed by atoms with van der Waals surface area (Å²) in [6, 6.07) is 14.1. The van der Waals surface area contributed by atoms with Crippen LogP contribution in [0.5, 0.6) is 5.75 Å². The minimum atomic E-state index is -3.71. The monoisotopic (exact) mass is 485 g/mol. The molecule has 0 saturated heterocycles. The predicted octanol–water partition coefficient (Wildman–Crippen LogP) is 2.30. The van der Waals surface area contributed by atoms with Crippen molar-refractivity contribution >= 4 is 44.2 Å². The molecule has 0 aliphatic rings. The molecule has 2 heterocycles. The normalized spacial score (nSPS) is 11.7. The summed E-state index contributed by atoms with van der Waals surface area (Å²) in [7, 11) is -2.09. The van der Waals surface area contributed by atoms with Gasteiger partial charge < -0.3 is 10.1 Å². The molecule has 0 spiro atoms. The van der Waals surface area contributed by atoms with Crippen LogP contribution in [0.2, 0.25) is 0 Å². The maximum absolute atomic E-state index is 12.4. The standard InChI is InChI=1S/C22H23N5O4S2/c1-14-11-20-25-26-22(27(20)19-12-16(31-2)5-8-18(14)19)32-13-21(28)24-10-9-15-3-6-17(7-4-15)33(23,29)30/h3-8,11-12H,9-10,13H2,1-2H3,(H,24,28)(H2,23,29,30). The molecule has 0 unspecified atom stereocenters. The van der Waals surface area contributed by atoms with E-state index in [1.165, 1.54) is 23.9 Å². The first kappa shape index (κ1) is 23.0. The molecular weight excluding hydrogens is 462 g/mol. The number of sulfonamides is 1. The zero-order valence-corrected chi connectivity index (χ0v) is 19.7. The Bertz CT molecular complexity index is 1430. The number of pyridine rings is 1. The Hall–Kier alpha value is -3.15. The van der Waals surface area contributed by atoms with Crippen LogP contribution in [0.1, 0.15) is 11.1 Å². The number of aromatic nitrogens is 3. The van der Waals surface area contributed by atoms with Crippen molar-refractivity contribution in [3.05, 3.63) is 59.7 Å². The van der Waals surface area contributed by atoms with Gasteiger partial charge in [-0.1, -0.05) is 23.9 Å². The van der Waals surface area contributed by atoms with Crippen molar-refractivity contribution in [1.82, 2.24) is 19.9 Å². The highest BCUT2D eigenvalue weighted by Gasteiger charge is 2.14. The molecule has 0 fully saturated rings. The van der Waals surface area contributed by atoms with E-state index < -0.39 is 10.0 Å². The number of aryl methyl sites for hydroxylation is 1. The first-order valence-electron chi connectivity index (χ1n) is 10.1. The Kier molecular flexibility index (Phi) is 6.54. The lowest BCUT2D eigenvalue weighted by Gasteiger charge is -2.09. The van der Waals surface area contributed by atoms with Crippen molar-refractivity contribution in [2.45, 2.75) is 23.4 Å². The summed E-state index contributed by atoms with van der Waals surface area (Å²) >= 11 is 1.31. The van der Waals surface area contributed by atoms with Crippen molar-refractivity contribution in [2.24, 2.45) is 5.14 Å². The topological polar surface area (TPSA) is 129 Å². The fourth-order valence-corrected chi connectivity index (χ4v) is 4.79. The van der Waals surface area contributed by atoms with Gasteiger partial charge in [0.15, 0.2) is 10.8 Å². The molecule has 2 aromatic heterocycles. The average Bonchev–Trinajstić information content (AvgIpc) is 3.20. The summed E-state index contributed by atoms with van der Waals surface area (Å²) in [6.45, 7) is 2.44. The highest BCUT2D eigenvalue weighted by atomic mass is 32.2. The number of nitrogens with two attached hydrogens (primary N) is 1. The first-order chi connectivity index (χ1) is 15.8. The number of hydrogen-bond donors (Lipinski definition) is 2. The molecule has 2 aromatic carbocycles. The molecule has 0 bridgehead atoms. The first-order valence-corrected chi connectivity index (χ1v) is 12.6. The molecule has 0 atom stereocenters. The number of amides is 1. The van der Waals surface area contributed by atoms with Gasteiger partial charge in [-0.25, -0.2) is 13.6 Å². The van der Waals surface area contributed by atoms with Gasteiger partial charge in [0.2, 0.25) is 15.9 Å². The lowest BCUT2D eigenvalue weighted by molar-refractivity contribution is -0.118. The van der Waals surface area contributed by atoms with Crippen molar-refractivity contribution < 1.29 is 17.9 Å². The summed E-state index contributed by atoms with van der Waals surface area (Å²) in [6.07, 6.45) is 0.568. The number of nitrogens with zero attached hydrogens (tertiary/aromatic N) is 3. The second-order valence-electron chi connectivity index (χ2n) is 7.46. The number of carbonyl (C=O) groups excluding carboxylic acids is 1. The number of benzene rings is 2. The average molecular weight is 486 g/mol. The molecule has 0 radical (unpaired) electrons. The fraction of sp³-hybridized carbons (Fsp3) is 0.227. The van der Waals surface area contributed by atoms with Crippen LogP contribution in [0.15, 0.2) is 58.6 Å². The summed E-state index contributed by atoms with van der Waals surface area (Å²) in [5.74, 6) is 0.783. The molecule has 33 heavy (non-hydrogen) atoms. The number of nitrogens with one attached hydrogen (secondary N) is 1. The van der Waals surface area contributed by atoms with Crippen LogP contribution < -0.4 is 15.2 Å². The minimum absolute atomic E-state index is 0.0626. The molecule has 4 rings (SSSR count). The van der Waals surface area contributed by atoms with Crippen molar-refractivity contribution in [2.75, 3.05) is 19.4 Å². The molecule has 11 heteroatoms. The Morgan fingerprint density at radius 3 is 2.61 bits per heavy atom. The van der Waals surface area contributed by atoms with Crippen LogP contribution in [0.3, 0.4) is 0 Å². The number of thioether (sulfide) groups is 1. The fourth-order valence-electron chi connectivity index (χ4n) is 3.50. The number of fused-ring (bicyclic) bond motifs is 3. The number of hydrogen-bond acceptors (Lipinski definition) is 7. The van der Waals surface area contributed by atoms with E-state index in [0.29, 0.717) is 23.8 Å². The quantitative estimate of drug-likeness (QED) is 0.366. The summed E-state index contributed by atoms with van der Waals surface area (Å²) < 4.78 is 29.9. The van der Waals surface area contributed by atoms with Gasteiger partial charge in [0.05, 0.1) is 23.3 Å². The Labute approximate surface area is 195 Å². The predicted molar refractivity (Wildman–Crippen MR) is 127 cm³/mol. The van der Waals surface area contributed by atoms with E-state index in [-0.39, 0.29) is 16.6 Å². The van der Waals surface area contributed by atoms with Gasteiger partial charge in [0.1, 0.15) is 5.75 Å². The van der Waals surface area contributed by atoms with E-state index in [4.69, 9.17) is 9.88 Å². The van der Waals surface area contributed by atoms with Crippen molar-refractivity contribution in [3.8, 4) is 5.75 Å². The number of ether oxygens (including phenoxy) is 1. The lowest BCUT2D eigenvalue weighted by atomic mass is 10.1. The maximum atomic E-state index is 12.4. The largest absolute Gasteiger partial charge is 0.497 e. The molecule has 3 N–H and O–H groups in total. The minimum Gasteiger partial charge on any atom is -0.497 e. The SMILES string of the molecule is COc1ccc2c(C)cc3nnc(SCC(=O)NCCc4ccc(S(N)(=O)=O)cc4)n3c2c1. The van der Waals surface area contributed by atoms with E-state index in [1.54, 1.807) is 19.2 Å². The third-order valence-electron chi connectivity index (χ3n) is 5.19. The van der Waals surface area contributed by atoms with Crippen LogP contribution in [0, 0.1) is 6.92 Å². The highest BCUT2D eigenvalue weighted by Crippen LogP contribution is 2.28. The highest BCUT2D eigenvalue weighted by molar-refractivity contribution is 7.99. The smallest absolute Gasteiger partial charge is 0.238 e. The zero-order valence-electron chi connectivity index (χ0n) is 18.1. The lowest BCUT2D eigenvalue weighted by Crippen LogP contribution is -2.27. The van der Waals surface area contributed by atoms with Crippen molar-refractivity contribution in [1.29, 1.82) is 0 Å². The molecule has 0 aliphatic heterocycles. The second kappa shape index (κ2) is 9.38. The van der Waals surface area contributed by atoms with Gasteiger partial charge in [0, 0.05) is 18.0 Å². The third-order valence-corrected chi connectivity index (χ3v) is 7.05. The Morgan fingerprint density at radius 2 is 1.91 bits per heavy atom. The zero-order chi connectivity index (χ0) is 23.6. The second-order valence-corrected chi connectivity index (χ2v) is 9.97. The van der Waals surface area contributed by atoms with Crippen LogP contribution in [-0.2, 0) is 21.2 Å². The molecule has 4 aromatic rings. The van der Waals surface area contributed by atoms with E-state index in [9.17, 15) is 13.2 Å². The Balaban J connectivity index is 1.40. The number of carbonyl (C=O) groups is 1. The molecule has 0 aliphatic carbocycles. The van der Waals surface area contributed by atoms with Crippen LogP contribution in [0.4, 0.5) is 0 Å². The summed E-state index contributed by atoms with van der Waals surface area (Å²) in [4.78, 5) is 12.4. The van der Waals surface area contributed by atoms with E-state index in [1.807, 2.05) is 35.6 Å². The van der Waals surface area contributed by atoms with E-state index in [2.05, 4.69) is 15.5 Å². The van der Waals surface area contributed by atoms with E-state index in [0.717, 1.165) is 27.8 Å². The van der Waals surface area contributed by atoms with Crippen LogP contribution >= 0.6 is 11.8 Å². The van der Waals surface area contributed by atoms with Gasteiger partial charge in [-0.3, -0.25) is 9.20 Å². The van der Waals surface area contributed by atoms with Gasteiger partial charge in [-0.15, -0.1) is 10.2 Å². The Morgan fingerprint density at radius 1 is 1.15 bits per heavy atom. The molecule has 0 saturated carbocycles. The van der Waals surface area contributed by atoms with Gasteiger partial charge in [-0.05, 0) is 54.8 Å². The molecule has 172 valence electrons. The van der Waals surface area contributed by atoms with Gasteiger partial charge >= 0.3 is 0 Å². The number of primary sulfonamides is 1. The van der Waals surface area contributed by atoms with Crippen LogP contribution in [-0.4, -0.2) is 48.3 Å². The molecular formula is C22H23N5O4S2. The maximum Gasteiger partial charge on any atom is 0.238 e. The summed E-state index contributed by atoms with van der Waals surface area (Å²) in [5, 5.41) is 18.2. The number of methoxy groups -OCH3 is 1. The number of rotatable bonds is 8. The van der Waals surface area contributed by atoms with E-state index >= 15 is 0 Å². The third kappa shape index (κ3) is 5.10.